The summed E-state index contributed by atoms with van der Waals surface area (Å²) in [4.78, 5) is 24.2. The van der Waals surface area contributed by atoms with Crippen LogP contribution in [0.25, 0.3) is 0 Å². The zero-order valence-corrected chi connectivity index (χ0v) is 18.2. The van der Waals surface area contributed by atoms with Crippen molar-refractivity contribution >= 4 is 11.9 Å². The summed E-state index contributed by atoms with van der Waals surface area (Å²) in [7, 11) is 0. The summed E-state index contributed by atoms with van der Waals surface area (Å²) in [5.41, 5.74) is 1.27. The molecule has 5 nitrogen and oxygen atoms in total. The Bertz CT molecular complexity index is 666. The van der Waals surface area contributed by atoms with E-state index in [1.54, 1.807) is 0 Å². The van der Waals surface area contributed by atoms with Crippen LogP contribution in [0.3, 0.4) is 0 Å². The Labute approximate surface area is 174 Å². The third-order valence-corrected chi connectivity index (χ3v) is 6.93. The van der Waals surface area contributed by atoms with Crippen LogP contribution in [0.2, 0.25) is 0 Å². The highest BCUT2D eigenvalue weighted by Crippen LogP contribution is 2.45. The molecule has 0 radical (unpaired) electrons. The van der Waals surface area contributed by atoms with Crippen LogP contribution in [-0.4, -0.2) is 35.4 Å². The van der Waals surface area contributed by atoms with Gasteiger partial charge in [0.25, 0.3) is 0 Å². The Balaban J connectivity index is 1.74. The molecule has 0 aromatic heterocycles. The van der Waals surface area contributed by atoms with Crippen molar-refractivity contribution in [3.63, 3.8) is 0 Å². The summed E-state index contributed by atoms with van der Waals surface area (Å²) < 4.78 is 11.5. The molecule has 29 heavy (non-hydrogen) atoms. The van der Waals surface area contributed by atoms with E-state index in [1.807, 2.05) is 13.8 Å². The molecular weight excluding hydrogens is 368 g/mol. The molecule has 162 valence electrons. The van der Waals surface area contributed by atoms with Crippen molar-refractivity contribution in [1.29, 1.82) is 0 Å². The van der Waals surface area contributed by atoms with Crippen LogP contribution in [0.4, 0.5) is 0 Å². The minimum atomic E-state index is -0.597. The third-order valence-electron chi connectivity index (χ3n) is 6.93. The van der Waals surface area contributed by atoms with E-state index < -0.39 is 6.10 Å². The van der Waals surface area contributed by atoms with Crippen LogP contribution >= 0.6 is 0 Å². The fraction of sp³-hybridized carbons (Fsp3) is 0.750. The molecule has 2 aliphatic carbocycles. The summed E-state index contributed by atoms with van der Waals surface area (Å²) in [5, 5.41) is 9.89. The first kappa shape index (κ1) is 22.1. The van der Waals surface area contributed by atoms with E-state index in [9.17, 15) is 14.7 Å². The normalized spacial score (nSPS) is 37.9. The number of carbonyl (C=O) groups excluding carboxylic acids is 2. The van der Waals surface area contributed by atoms with Gasteiger partial charge in [-0.3, -0.25) is 9.59 Å². The lowest BCUT2D eigenvalue weighted by Crippen LogP contribution is -2.42. The number of hydrogen-bond acceptors (Lipinski definition) is 5. The molecule has 1 saturated heterocycles. The molecule has 1 aliphatic heterocycles. The van der Waals surface area contributed by atoms with Crippen molar-refractivity contribution in [2.45, 2.75) is 84.5 Å². The van der Waals surface area contributed by atoms with Gasteiger partial charge < -0.3 is 14.6 Å². The Morgan fingerprint density at radius 2 is 2.07 bits per heavy atom. The highest BCUT2D eigenvalue weighted by atomic mass is 16.5. The number of aliphatic hydroxyl groups excluding tert-OH is 1. The third kappa shape index (κ3) is 5.30. The van der Waals surface area contributed by atoms with Crippen molar-refractivity contribution in [1.82, 2.24) is 0 Å². The molecule has 3 rings (SSSR count). The van der Waals surface area contributed by atoms with Crippen molar-refractivity contribution in [2.24, 2.45) is 29.6 Å². The molecule has 0 amide bonds. The molecule has 0 aromatic carbocycles. The van der Waals surface area contributed by atoms with Gasteiger partial charge in [0.2, 0.25) is 0 Å². The largest absolute Gasteiger partial charge is 0.462 e. The van der Waals surface area contributed by atoms with Crippen LogP contribution in [0.15, 0.2) is 23.8 Å². The van der Waals surface area contributed by atoms with E-state index >= 15 is 0 Å². The minimum absolute atomic E-state index is 0.0854. The molecule has 3 aliphatic rings. The maximum absolute atomic E-state index is 12.5. The van der Waals surface area contributed by atoms with E-state index in [-0.39, 0.29) is 42.4 Å². The van der Waals surface area contributed by atoms with Gasteiger partial charge >= 0.3 is 11.9 Å². The molecule has 0 bridgehead atoms. The first-order chi connectivity index (χ1) is 13.8. The molecule has 8 atom stereocenters. The number of ether oxygens (including phenoxy) is 2. The van der Waals surface area contributed by atoms with Gasteiger partial charge in [0.1, 0.15) is 12.2 Å². The second-order valence-corrected chi connectivity index (χ2v) is 9.36. The van der Waals surface area contributed by atoms with Gasteiger partial charge in [-0.1, -0.05) is 45.9 Å². The number of allylic oxidation sites excluding steroid dienone is 3. The molecule has 1 fully saturated rings. The van der Waals surface area contributed by atoms with Crippen molar-refractivity contribution in [3.05, 3.63) is 23.8 Å². The van der Waals surface area contributed by atoms with Gasteiger partial charge in [-0.25, -0.2) is 0 Å². The van der Waals surface area contributed by atoms with E-state index in [4.69, 9.17) is 9.47 Å². The molecule has 0 saturated carbocycles. The predicted molar refractivity (Wildman–Crippen MR) is 111 cm³/mol. The minimum Gasteiger partial charge on any atom is -0.462 e. The van der Waals surface area contributed by atoms with Gasteiger partial charge in [-0.2, -0.15) is 0 Å². The summed E-state index contributed by atoms with van der Waals surface area (Å²) in [6.07, 6.45) is 9.70. The summed E-state index contributed by atoms with van der Waals surface area (Å²) in [5.74, 6) is 0.755. The van der Waals surface area contributed by atoms with E-state index in [2.05, 4.69) is 32.1 Å². The van der Waals surface area contributed by atoms with Gasteiger partial charge in [-0.15, -0.1) is 0 Å². The summed E-state index contributed by atoms with van der Waals surface area (Å²) >= 11 is 0. The summed E-state index contributed by atoms with van der Waals surface area (Å²) in [6, 6.07) is 0. The number of aliphatic hydroxyl groups is 1. The Morgan fingerprint density at radius 3 is 2.76 bits per heavy atom. The fourth-order valence-corrected chi connectivity index (χ4v) is 5.07. The standard InChI is InChI=1S/C24H36O5/c1-5-15(3)24(27)29-21-11-14(2)10-17-7-6-16(4)20(23(17)21)9-8-19-12-18(25)13-22(26)28-19/h6-7,10,14-16,18-21,23,25H,5,8-9,11-13H2,1-4H3/t14-,15-,16-,18+,19?,20?,21?,23-/m0/s1. The van der Waals surface area contributed by atoms with Crippen LogP contribution in [0.1, 0.15) is 66.2 Å². The molecule has 0 spiro atoms. The number of fused-ring (bicyclic) bond motifs is 1. The SMILES string of the molecule is CC[C@H](C)C(=O)OC1C[C@@H](C)C=C2C=C[C@H](C)C(CCC3C[C@@H](O)CC(=O)O3)[C@H]21. The average Bonchev–Trinajstić information content (AvgIpc) is 2.65. The monoisotopic (exact) mass is 404 g/mol. The predicted octanol–water partition coefficient (Wildman–Crippen LogP) is 4.20. The average molecular weight is 405 g/mol. The van der Waals surface area contributed by atoms with Crippen LogP contribution in [0.5, 0.6) is 0 Å². The molecule has 3 unspecified atom stereocenters. The van der Waals surface area contributed by atoms with Gasteiger partial charge in [-0.05, 0) is 49.0 Å². The maximum atomic E-state index is 12.5. The molecular formula is C24H36O5. The lowest BCUT2D eigenvalue weighted by Gasteiger charge is -2.43. The Kier molecular flexibility index (Phi) is 7.20. The first-order valence-corrected chi connectivity index (χ1v) is 11.3. The topological polar surface area (TPSA) is 72.8 Å². The number of cyclic esters (lactones) is 1. The number of carbonyl (C=O) groups is 2. The van der Waals surface area contributed by atoms with E-state index in [0.717, 1.165) is 25.7 Å². The second-order valence-electron chi connectivity index (χ2n) is 9.36. The molecule has 1 N–H and O–H groups in total. The van der Waals surface area contributed by atoms with Crippen LogP contribution in [0, 0.1) is 29.6 Å². The lowest BCUT2D eigenvalue weighted by molar-refractivity contribution is -0.162. The number of rotatable bonds is 6. The number of hydrogen-bond donors (Lipinski definition) is 1. The Morgan fingerprint density at radius 1 is 1.31 bits per heavy atom. The molecule has 5 heteroatoms. The first-order valence-electron chi connectivity index (χ1n) is 11.3. The van der Waals surface area contributed by atoms with Crippen LogP contribution < -0.4 is 0 Å². The number of esters is 2. The van der Waals surface area contributed by atoms with Gasteiger partial charge in [0, 0.05) is 12.3 Å². The van der Waals surface area contributed by atoms with Gasteiger partial charge in [0.05, 0.1) is 18.4 Å². The molecule has 1 heterocycles. The summed E-state index contributed by atoms with van der Waals surface area (Å²) in [6.45, 7) is 8.33. The van der Waals surface area contributed by atoms with Crippen molar-refractivity contribution in [2.75, 3.05) is 0 Å². The smallest absolute Gasteiger partial charge is 0.308 e. The highest BCUT2D eigenvalue weighted by molar-refractivity contribution is 5.72. The van der Waals surface area contributed by atoms with Crippen LogP contribution in [-0.2, 0) is 19.1 Å². The molecule has 0 aromatic rings. The van der Waals surface area contributed by atoms with Gasteiger partial charge in [0.15, 0.2) is 0 Å². The fourth-order valence-electron chi connectivity index (χ4n) is 5.07. The quantitative estimate of drug-likeness (QED) is 0.672. The Hall–Kier alpha value is -1.62. The zero-order valence-electron chi connectivity index (χ0n) is 18.2. The van der Waals surface area contributed by atoms with Crippen molar-refractivity contribution < 1.29 is 24.2 Å². The highest BCUT2D eigenvalue weighted by Gasteiger charge is 2.42. The van der Waals surface area contributed by atoms with Crippen molar-refractivity contribution in [3.8, 4) is 0 Å². The maximum Gasteiger partial charge on any atom is 0.308 e. The van der Waals surface area contributed by atoms with E-state index in [1.165, 1.54) is 5.57 Å². The second kappa shape index (κ2) is 9.46. The van der Waals surface area contributed by atoms with E-state index in [0.29, 0.717) is 24.2 Å². The zero-order chi connectivity index (χ0) is 21.1. The lowest BCUT2D eigenvalue weighted by atomic mass is 9.65.